The number of halogens is 1. The zero-order chi connectivity index (χ0) is 15.6. The van der Waals surface area contributed by atoms with E-state index in [0.717, 1.165) is 0 Å². The van der Waals surface area contributed by atoms with E-state index in [1.54, 1.807) is 12.1 Å². The Morgan fingerprint density at radius 3 is 2.10 bits per heavy atom. The second-order valence-electron chi connectivity index (χ2n) is 4.63. The first-order chi connectivity index (χ1) is 10.1. The highest BCUT2D eigenvalue weighted by Crippen LogP contribution is 2.67. The maximum absolute atomic E-state index is 13.0. The van der Waals surface area contributed by atoms with E-state index in [2.05, 4.69) is 0 Å². The Labute approximate surface area is 120 Å². The molecule has 0 radical (unpaired) electrons. The Morgan fingerprint density at radius 1 is 1.10 bits per heavy atom. The Bertz CT molecular complexity index is 766. The molecule has 21 heavy (non-hydrogen) atoms. The van der Waals surface area contributed by atoms with Crippen molar-refractivity contribution < 1.29 is 4.39 Å². The third-order valence-electron chi connectivity index (χ3n) is 3.70. The minimum Gasteiger partial charge on any atom is -0.399 e. The van der Waals surface area contributed by atoms with E-state index in [9.17, 15) is 14.9 Å². The summed E-state index contributed by atoms with van der Waals surface area (Å²) in [4.78, 5) is 0. The maximum Gasteiger partial charge on any atom is 0.150 e. The van der Waals surface area contributed by atoms with Crippen molar-refractivity contribution in [2.75, 3.05) is 0 Å². The van der Waals surface area contributed by atoms with Crippen molar-refractivity contribution in [3.63, 3.8) is 0 Å². The molecule has 0 amide bonds. The van der Waals surface area contributed by atoms with E-state index in [0.29, 0.717) is 5.56 Å². The number of benzene rings is 1. The van der Waals surface area contributed by atoms with E-state index in [4.69, 9.17) is 16.3 Å². The third-order valence-corrected chi connectivity index (χ3v) is 3.70. The highest BCUT2D eigenvalue weighted by atomic mass is 19.1. The summed E-state index contributed by atoms with van der Waals surface area (Å²) >= 11 is 0. The average molecular weight is 277 g/mol. The SMILES string of the molecule is N#CC(C#N)=C(N)C1(C#N)C(C#N)C1c1ccc(F)cc1. The number of hydrogen-bond donors (Lipinski definition) is 1. The first-order valence-electron chi connectivity index (χ1n) is 5.93. The molecule has 1 aliphatic rings. The summed E-state index contributed by atoms with van der Waals surface area (Å²) < 4.78 is 13.0. The molecule has 1 fully saturated rings. The van der Waals surface area contributed by atoms with Crippen LogP contribution in [-0.2, 0) is 0 Å². The van der Waals surface area contributed by atoms with Gasteiger partial charge in [-0.2, -0.15) is 21.0 Å². The van der Waals surface area contributed by atoms with Gasteiger partial charge in [-0.15, -0.1) is 0 Å². The number of nitriles is 4. The second kappa shape index (κ2) is 4.97. The minimum atomic E-state index is -1.41. The van der Waals surface area contributed by atoms with E-state index in [1.165, 1.54) is 24.3 Å². The van der Waals surface area contributed by atoms with Crippen molar-refractivity contribution in [2.45, 2.75) is 5.92 Å². The summed E-state index contributed by atoms with van der Waals surface area (Å²) in [6, 6.07) is 12.6. The van der Waals surface area contributed by atoms with Crippen LogP contribution in [-0.4, -0.2) is 0 Å². The van der Waals surface area contributed by atoms with Crippen LogP contribution in [0.5, 0.6) is 0 Å². The average Bonchev–Trinajstić information content (AvgIpc) is 3.18. The molecule has 1 aromatic carbocycles. The summed E-state index contributed by atoms with van der Waals surface area (Å²) in [5, 5.41) is 36.4. The molecule has 1 aromatic rings. The zero-order valence-electron chi connectivity index (χ0n) is 10.7. The van der Waals surface area contributed by atoms with Gasteiger partial charge in [-0.05, 0) is 17.7 Å². The predicted octanol–water partition coefficient (Wildman–Crippen LogP) is 1.83. The van der Waals surface area contributed by atoms with Crippen LogP contribution in [0.2, 0.25) is 0 Å². The fourth-order valence-corrected chi connectivity index (χ4v) is 2.58. The molecule has 3 unspecified atom stereocenters. The van der Waals surface area contributed by atoms with Gasteiger partial charge in [0.2, 0.25) is 0 Å². The normalized spacial score (nSPS) is 25.6. The number of nitrogens with zero attached hydrogens (tertiary/aromatic N) is 4. The quantitative estimate of drug-likeness (QED) is 0.826. The van der Waals surface area contributed by atoms with E-state index in [1.807, 2.05) is 12.1 Å². The van der Waals surface area contributed by atoms with Crippen LogP contribution in [0.1, 0.15) is 11.5 Å². The molecule has 0 saturated heterocycles. The third kappa shape index (κ3) is 1.88. The summed E-state index contributed by atoms with van der Waals surface area (Å²) in [5.74, 6) is -1.79. The first-order valence-corrected chi connectivity index (χ1v) is 5.93. The molecule has 0 spiro atoms. The van der Waals surface area contributed by atoms with Crippen molar-refractivity contribution in [1.82, 2.24) is 0 Å². The Morgan fingerprint density at radius 2 is 1.67 bits per heavy atom. The van der Waals surface area contributed by atoms with Crippen molar-refractivity contribution in [1.29, 1.82) is 21.0 Å². The first kappa shape index (κ1) is 14.1. The van der Waals surface area contributed by atoms with Crippen LogP contribution < -0.4 is 5.73 Å². The lowest BCUT2D eigenvalue weighted by atomic mass is 9.94. The summed E-state index contributed by atoms with van der Waals surface area (Å²) in [7, 11) is 0. The molecule has 0 aromatic heterocycles. The molecule has 0 heterocycles. The molecule has 5 nitrogen and oxygen atoms in total. The van der Waals surface area contributed by atoms with Gasteiger partial charge in [0.25, 0.3) is 0 Å². The topological polar surface area (TPSA) is 121 Å². The van der Waals surface area contributed by atoms with Crippen molar-refractivity contribution in [3.8, 4) is 24.3 Å². The van der Waals surface area contributed by atoms with Crippen molar-refractivity contribution in [3.05, 3.63) is 46.9 Å². The van der Waals surface area contributed by atoms with E-state index < -0.39 is 23.1 Å². The number of allylic oxidation sites excluding steroid dienone is 2. The molecule has 100 valence electrons. The Balaban J connectivity index is 2.57. The minimum absolute atomic E-state index is 0.198. The highest BCUT2D eigenvalue weighted by molar-refractivity contribution is 5.55. The lowest BCUT2D eigenvalue weighted by Gasteiger charge is -2.09. The van der Waals surface area contributed by atoms with Gasteiger partial charge in [0, 0.05) is 5.92 Å². The molecule has 1 saturated carbocycles. The predicted molar refractivity (Wildman–Crippen MR) is 68.7 cm³/mol. The van der Waals surface area contributed by atoms with Gasteiger partial charge >= 0.3 is 0 Å². The molecule has 1 aliphatic carbocycles. The maximum atomic E-state index is 13.0. The van der Waals surface area contributed by atoms with Crippen LogP contribution in [0.15, 0.2) is 35.5 Å². The largest absolute Gasteiger partial charge is 0.399 e. The number of rotatable bonds is 2. The van der Waals surface area contributed by atoms with Crippen molar-refractivity contribution >= 4 is 0 Å². The van der Waals surface area contributed by atoms with E-state index >= 15 is 0 Å². The van der Waals surface area contributed by atoms with Crippen LogP contribution in [0.25, 0.3) is 0 Å². The Hall–Kier alpha value is -3.35. The van der Waals surface area contributed by atoms with Crippen LogP contribution in [0.3, 0.4) is 0 Å². The molecule has 6 heteroatoms. The monoisotopic (exact) mass is 277 g/mol. The van der Waals surface area contributed by atoms with E-state index in [-0.39, 0.29) is 11.3 Å². The van der Waals surface area contributed by atoms with Gasteiger partial charge in [-0.3, -0.25) is 0 Å². The highest BCUT2D eigenvalue weighted by Gasteiger charge is 2.69. The summed E-state index contributed by atoms with van der Waals surface area (Å²) in [6.07, 6.45) is 0. The smallest absolute Gasteiger partial charge is 0.150 e. The van der Waals surface area contributed by atoms with Gasteiger partial charge in [0.05, 0.1) is 23.8 Å². The molecule has 0 bridgehead atoms. The summed E-state index contributed by atoms with van der Waals surface area (Å²) in [6.45, 7) is 0. The second-order valence-corrected chi connectivity index (χ2v) is 4.63. The van der Waals surface area contributed by atoms with Gasteiger partial charge in [-0.25, -0.2) is 4.39 Å². The standard InChI is InChI=1S/C15H8FN5/c16-11-3-1-9(2-4-11)13-12(7-19)15(13,8-20)14(21)10(5-17)6-18/h1-4,12-13H,21H2. The summed E-state index contributed by atoms with van der Waals surface area (Å²) in [5.41, 5.74) is 4.39. The Kier molecular flexibility index (Phi) is 3.33. The molecule has 2 N–H and O–H groups in total. The number of hydrogen-bond acceptors (Lipinski definition) is 5. The van der Waals surface area contributed by atoms with Crippen LogP contribution in [0.4, 0.5) is 4.39 Å². The van der Waals surface area contributed by atoms with Crippen LogP contribution >= 0.6 is 0 Å². The zero-order valence-corrected chi connectivity index (χ0v) is 10.7. The molecular weight excluding hydrogens is 269 g/mol. The van der Waals surface area contributed by atoms with Gasteiger partial charge in [0.1, 0.15) is 28.9 Å². The molecule has 3 atom stereocenters. The molecular formula is C15H8FN5. The fourth-order valence-electron chi connectivity index (χ4n) is 2.58. The van der Waals surface area contributed by atoms with Gasteiger partial charge in [0.15, 0.2) is 0 Å². The lowest BCUT2D eigenvalue weighted by molar-refractivity contribution is 0.626. The van der Waals surface area contributed by atoms with Gasteiger partial charge in [-0.1, -0.05) is 12.1 Å². The molecule has 2 rings (SSSR count). The fraction of sp³-hybridized carbons (Fsp3) is 0.200. The van der Waals surface area contributed by atoms with Gasteiger partial charge < -0.3 is 5.73 Å². The van der Waals surface area contributed by atoms with Crippen molar-refractivity contribution in [2.24, 2.45) is 17.1 Å². The lowest BCUT2D eigenvalue weighted by Crippen LogP contribution is -2.17. The molecule has 0 aliphatic heterocycles. The number of nitrogens with two attached hydrogens (primary N) is 1. The van der Waals surface area contributed by atoms with Crippen LogP contribution in [0, 0.1) is 62.5 Å².